The van der Waals surface area contributed by atoms with Crippen molar-refractivity contribution in [2.75, 3.05) is 13.6 Å². The summed E-state index contributed by atoms with van der Waals surface area (Å²) in [6.45, 7) is 7.25. The lowest BCUT2D eigenvalue weighted by Gasteiger charge is -2.09. The summed E-state index contributed by atoms with van der Waals surface area (Å²) in [5.74, 6) is 1.54. The average Bonchev–Trinajstić information content (AvgIpc) is 2.63. The number of rotatable bonds is 6. The molecule has 0 fully saturated rings. The van der Waals surface area contributed by atoms with Crippen molar-refractivity contribution in [2.45, 2.75) is 39.4 Å². The first-order valence-corrected chi connectivity index (χ1v) is 5.22. The lowest BCUT2D eigenvalue weighted by Crippen LogP contribution is -2.23. The fraction of sp³-hybridized carbons (Fsp3) is 0.800. The van der Waals surface area contributed by atoms with Crippen molar-refractivity contribution in [3.8, 4) is 0 Å². The van der Waals surface area contributed by atoms with Gasteiger partial charge in [0.25, 0.3) is 0 Å². The number of nitrogens with one attached hydrogen (secondary N) is 1. The van der Waals surface area contributed by atoms with E-state index < -0.39 is 0 Å². The number of likely N-dealkylation sites (N-methyl/N-ethyl adjacent to an activating group) is 1. The molecule has 0 saturated heterocycles. The van der Waals surface area contributed by atoms with Crippen LogP contribution in [-0.2, 0) is 11.3 Å². The second-order valence-electron chi connectivity index (χ2n) is 3.88. The average molecular weight is 213 g/mol. The van der Waals surface area contributed by atoms with Crippen LogP contribution in [0.4, 0.5) is 0 Å². The van der Waals surface area contributed by atoms with Gasteiger partial charge in [0.2, 0.25) is 5.89 Å². The summed E-state index contributed by atoms with van der Waals surface area (Å²) in [6.07, 6.45) is 0.149. The van der Waals surface area contributed by atoms with Gasteiger partial charge in [-0.05, 0) is 14.0 Å². The van der Waals surface area contributed by atoms with Crippen molar-refractivity contribution in [3.05, 3.63) is 11.7 Å². The van der Waals surface area contributed by atoms with E-state index in [9.17, 15) is 0 Å². The van der Waals surface area contributed by atoms with Crippen molar-refractivity contribution in [3.63, 3.8) is 0 Å². The van der Waals surface area contributed by atoms with Crippen LogP contribution in [-0.4, -0.2) is 29.8 Å². The van der Waals surface area contributed by atoms with E-state index >= 15 is 0 Å². The molecule has 0 spiro atoms. The fourth-order valence-electron chi connectivity index (χ4n) is 1.12. The van der Waals surface area contributed by atoms with Gasteiger partial charge in [0.1, 0.15) is 6.61 Å². The van der Waals surface area contributed by atoms with Gasteiger partial charge in [0.15, 0.2) is 5.82 Å². The van der Waals surface area contributed by atoms with Gasteiger partial charge >= 0.3 is 0 Å². The molecule has 1 unspecified atom stereocenters. The summed E-state index contributed by atoms with van der Waals surface area (Å²) in [5, 5.41) is 6.88. The Morgan fingerprint density at radius 2 is 2.13 bits per heavy atom. The first-order valence-electron chi connectivity index (χ1n) is 5.22. The highest BCUT2D eigenvalue weighted by molar-refractivity contribution is 4.89. The first kappa shape index (κ1) is 12.1. The molecule has 0 aliphatic heterocycles. The molecule has 1 heterocycles. The van der Waals surface area contributed by atoms with Crippen molar-refractivity contribution in [2.24, 2.45) is 0 Å². The van der Waals surface area contributed by atoms with Crippen LogP contribution in [0.15, 0.2) is 4.52 Å². The summed E-state index contributed by atoms with van der Waals surface area (Å²) in [4.78, 5) is 4.22. The molecule has 1 aromatic heterocycles. The summed E-state index contributed by atoms with van der Waals surface area (Å²) < 4.78 is 10.6. The van der Waals surface area contributed by atoms with Crippen LogP contribution in [0.25, 0.3) is 0 Å². The van der Waals surface area contributed by atoms with Crippen LogP contribution in [0, 0.1) is 0 Å². The van der Waals surface area contributed by atoms with Gasteiger partial charge in [-0.25, -0.2) is 0 Å². The monoisotopic (exact) mass is 213 g/mol. The Morgan fingerprint density at radius 3 is 2.67 bits per heavy atom. The topological polar surface area (TPSA) is 60.2 Å². The van der Waals surface area contributed by atoms with E-state index in [1.54, 1.807) is 0 Å². The molecular weight excluding hydrogens is 194 g/mol. The van der Waals surface area contributed by atoms with E-state index in [1.165, 1.54) is 0 Å². The van der Waals surface area contributed by atoms with Crippen LogP contribution in [0.2, 0.25) is 0 Å². The Labute approximate surface area is 90.2 Å². The zero-order chi connectivity index (χ0) is 11.3. The molecule has 15 heavy (non-hydrogen) atoms. The van der Waals surface area contributed by atoms with Gasteiger partial charge in [-0.3, -0.25) is 0 Å². The molecule has 1 rings (SSSR count). The van der Waals surface area contributed by atoms with Gasteiger partial charge in [-0.2, -0.15) is 4.98 Å². The summed E-state index contributed by atoms with van der Waals surface area (Å²) in [5.41, 5.74) is 0. The van der Waals surface area contributed by atoms with Gasteiger partial charge in [-0.15, -0.1) is 0 Å². The van der Waals surface area contributed by atoms with Crippen molar-refractivity contribution < 1.29 is 9.26 Å². The predicted octanol–water partition coefficient (Wildman–Crippen LogP) is 1.32. The molecule has 0 amide bonds. The third kappa shape index (κ3) is 3.97. The minimum atomic E-state index is 0.149. The molecule has 1 N–H and O–H groups in total. The highest BCUT2D eigenvalue weighted by Crippen LogP contribution is 2.11. The molecule has 5 nitrogen and oxygen atoms in total. The fourth-order valence-corrected chi connectivity index (χ4v) is 1.12. The van der Waals surface area contributed by atoms with Crippen LogP contribution in [0.3, 0.4) is 0 Å². The molecule has 0 aliphatic carbocycles. The van der Waals surface area contributed by atoms with Crippen molar-refractivity contribution in [1.82, 2.24) is 15.5 Å². The van der Waals surface area contributed by atoms with Crippen LogP contribution in [0.5, 0.6) is 0 Å². The van der Waals surface area contributed by atoms with Crippen LogP contribution < -0.4 is 5.32 Å². The summed E-state index contributed by atoms with van der Waals surface area (Å²) in [6, 6.07) is 0. The van der Waals surface area contributed by atoms with Crippen molar-refractivity contribution >= 4 is 0 Å². The molecule has 0 radical (unpaired) electrons. The van der Waals surface area contributed by atoms with E-state index in [4.69, 9.17) is 9.26 Å². The highest BCUT2D eigenvalue weighted by Gasteiger charge is 2.10. The Kier molecular flexibility index (Phi) is 4.71. The standard InChI is InChI=1S/C10H19N3O2/c1-7(2)10-12-9(13-15-10)6-14-8(3)5-11-4/h7-8,11H,5-6H2,1-4H3. The van der Waals surface area contributed by atoms with Gasteiger partial charge in [-0.1, -0.05) is 19.0 Å². The Balaban J connectivity index is 2.37. The quantitative estimate of drug-likeness (QED) is 0.772. The molecular formula is C10H19N3O2. The number of aromatic nitrogens is 2. The minimum Gasteiger partial charge on any atom is -0.369 e. The Hall–Kier alpha value is -0.940. The maximum absolute atomic E-state index is 5.51. The molecule has 0 aromatic carbocycles. The maximum Gasteiger partial charge on any atom is 0.229 e. The second-order valence-corrected chi connectivity index (χ2v) is 3.88. The maximum atomic E-state index is 5.51. The SMILES string of the molecule is CNCC(C)OCc1noc(C(C)C)n1. The van der Waals surface area contributed by atoms with E-state index in [1.807, 2.05) is 27.8 Å². The Bertz CT molecular complexity index is 286. The lowest BCUT2D eigenvalue weighted by atomic mass is 10.2. The van der Waals surface area contributed by atoms with Crippen LogP contribution in [0.1, 0.15) is 38.4 Å². The van der Waals surface area contributed by atoms with Gasteiger partial charge in [0.05, 0.1) is 6.10 Å². The number of ether oxygens (including phenoxy) is 1. The highest BCUT2D eigenvalue weighted by atomic mass is 16.5. The number of hydrogen-bond acceptors (Lipinski definition) is 5. The molecule has 0 bridgehead atoms. The molecule has 0 saturated carbocycles. The van der Waals surface area contributed by atoms with E-state index in [0.29, 0.717) is 18.3 Å². The van der Waals surface area contributed by atoms with E-state index in [-0.39, 0.29) is 12.0 Å². The lowest BCUT2D eigenvalue weighted by molar-refractivity contribution is 0.0493. The second kappa shape index (κ2) is 5.82. The molecule has 86 valence electrons. The van der Waals surface area contributed by atoms with E-state index in [2.05, 4.69) is 15.5 Å². The van der Waals surface area contributed by atoms with Gasteiger partial charge in [0, 0.05) is 12.5 Å². The number of nitrogens with zero attached hydrogens (tertiary/aromatic N) is 2. The predicted molar refractivity (Wildman–Crippen MR) is 56.6 cm³/mol. The largest absolute Gasteiger partial charge is 0.369 e. The molecule has 1 atom stereocenters. The van der Waals surface area contributed by atoms with E-state index in [0.717, 1.165) is 6.54 Å². The molecule has 1 aromatic rings. The number of hydrogen-bond donors (Lipinski definition) is 1. The van der Waals surface area contributed by atoms with Crippen molar-refractivity contribution in [1.29, 1.82) is 0 Å². The minimum absolute atomic E-state index is 0.149. The third-order valence-electron chi connectivity index (χ3n) is 1.97. The molecule has 0 aliphatic rings. The van der Waals surface area contributed by atoms with Gasteiger partial charge < -0.3 is 14.6 Å². The zero-order valence-corrected chi connectivity index (χ0v) is 9.78. The zero-order valence-electron chi connectivity index (χ0n) is 9.78. The summed E-state index contributed by atoms with van der Waals surface area (Å²) >= 11 is 0. The Morgan fingerprint density at radius 1 is 1.40 bits per heavy atom. The normalized spacial score (nSPS) is 13.4. The van der Waals surface area contributed by atoms with Crippen LogP contribution >= 0.6 is 0 Å². The molecule has 5 heteroatoms. The third-order valence-corrected chi connectivity index (χ3v) is 1.97. The smallest absolute Gasteiger partial charge is 0.229 e. The first-order chi connectivity index (χ1) is 7.13. The summed E-state index contributed by atoms with van der Waals surface area (Å²) in [7, 11) is 1.89.